The average molecular weight is 349 g/mol. The summed E-state index contributed by atoms with van der Waals surface area (Å²) in [6, 6.07) is 16.5. The second-order valence-corrected chi connectivity index (χ2v) is 6.21. The van der Waals surface area contributed by atoms with Crippen molar-refractivity contribution < 1.29 is 14.6 Å². The average Bonchev–Trinajstić information content (AvgIpc) is 3.21. The van der Waals surface area contributed by atoms with E-state index < -0.39 is 0 Å². The molecule has 1 atom stereocenters. The lowest BCUT2D eigenvalue weighted by Gasteiger charge is -2.26. The van der Waals surface area contributed by atoms with E-state index in [-0.39, 0.29) is 17.7 Å². The Hall–Kier alpha value is -3.12. The van der Waals surface area contributed by atoms with Crippen molar-refractivity contribution in [3.8, 4) is 17.0 Å². The van der Waals surface area contributed by atoms with E-state index in [1.165, 1.54) is 0 Å². The molecule has 6 nitrogen and oxygen atoms in total. The molecule has 0 spiro atoms. The number of ether oxygens (including phenoxy) is 1. The van der Waals surface area contributed by atoms with Crippen LogP contribution in [0.5, 0.6) is 5.75 Å². The first-order valence-corrected chi connectivity index (χ1v) is 8.43. The summed E-state index contributed by atoms with van der Waals surface area (Å²) in [5.41, 5.74) is 4.02. The third-order valence-electron chi connectivity index (χ3n) is 4.66. The molecule has 2 heterocycles. The summed E-state index contributed by atoms with van der Waals surface area (Å²) in [7, 11) is 1.62. The van der Waals surface area contributed by atoms with Gasteiger partial charge >= 0.3 is 0 Å². The molecular weight excluding hydrogens is 330 g/mol. The van der Waals surface area contributed by atoms with Crippen molar-refractivity contribution in [2.45, 2.75) is 6.04 Å². The van der Waals surface area contributed by atoms with E-state index >= 15 is 0 Å². The molecule has 2 aromatic carbocycles. The lowest BCUT2D eigenvalue weighted by atomic mass is 9.96. The molecular formula is C20H19N3O3. The SMILES string of the molecule is COCCN1C(=O)c2[nH]nc(-c3ccccc3)c2C1c1ccc(O)cc1. The van der Waals surface area contributed by atoms with Crippen LogP contribution in [0, 0.1) is 0 Å². The number of phenolic OH excluding ortho intramolecular Hbond substituents is 1. The van der Waals surface area contributed by atoms with Crippen LogP contribution < -0.4 is 0 Å². The highest BCUT2D eigenvalue weighted by molar-refractivity contribution is 6.00. The van der Waals surface area contributed by atoms with Crippen LogP contribution in [0.4, 0.5) is 0 Å². The molecule has 132 valence electrons. The summed E-state index contributed by atoms with van der Waals surface area (Å²) in [4.78, 5) is 14.7. The number of aromatic amines is 1. The molecule has 4 rings (SSSR count). The van der Waals surface area contributed by atoms with E-state index in [1.807, 2.05) is 42.5 Å². The van der Waals surface area contributed by atoms with Crippen molar-refractivity contribution in [3.05, 3.63) is 71.4 Å². The van der Waals surface area contributed by atoms with Gasteiger partial charge in [0.1, 0.15) is 11.4 Å². The molecule has 0 saturated heterocycles. The first-order valence-electron chi connectivity index (χ1n) is 8.43. The number of fused-ring (bicyclic) bond motifs is 1. The molecule has 1 aliphatic rings. The first-order chi connectivity index (χ1) is 12.7. The minimum absolute atomic E-state index is 0.0928. The van der Waals surface area contributed by atoms with Crippen molar-refractivity contribution in [3.63, 3.8) is 0 Å². The Morgan fingerprint density at radius 3 is 2.58 bits per heavy atom. The number of aromatic nitrogens is 2. The molecule has 1 amide bonds. The van der Waals surface area contributed by atoms with Gasteiger partial charge in [-0.2, -0.15) is 5.10 Å². The molecule has 6 heteroatoms. The second-order valence-electron chi connectivity index (χ2n) is 6.21. The Balaban J connectivity index is 1.85. The van der Waals surface area contributed by atoms with Gasteiger partial charge in [0.2, 0.25) is 0 Å². The van der Waals surface area contributed by atoms with Crippen LogP contribution >= 0.6 is 0 Å². The Morgan fingerprint density at radius 2 is 1.88 bits per heavy atom. The standard InChI is InChI=1S/C20H19N3O3/c1-26-12-11-23-19(14-7-9-15(24)10-8-14)16-17(13-5-3-2-4-6-13)21-22-18(16)20(23)25/h2-10,19,24H,11-12H2,1H3,(H,21,22). The van der Waals surface area contributed by atoms with E-state index in [9.17, 15) is 9.90 Å². The number of phenols is 1. The van der Waals surface area contributed by atoms with E-state index in [1.54, 1.807) is 24.1 Å². The fourth-order valence-corrected chi connectivity index (χ4v) is 3.44. The number of benzene rings is 2. The van der Waals surface area contributed by atoms with Crippen LogP contribution in [0.2, 0.25) is 0 Å². The van der Waals surface area contributed by atoms with E-state index in [4.69, 9.17) is 4.74 Å². The maximum absolute atomic E-state index is 12.9. The maximum atomic E-state index is 12.9. The zero-order valence-corrected chi connectivity index (χ0v) is 14.3. The van der Waals surface area contributed by atoms with Crippen LogP contribution in [0.15, 0.2) is 54.6 Å². The highest BCUT2D eigenvalue weighted by Crippen LogP contribution is 2.42. The number of amides is 1. The van der Waals surface area contributed by atoms with Gasteiger partial charge in [0.15, 0.2) is 0 Å². The number of aromatic hydroxyl groups is 1. The minimum atomic E-state index is -0.276. The Labute approximate surface area is 151 Å². The molecule has 2 N–H and O–H groups in total. The Kier molecular flexibility index (Phi) is 4.18. The Bertz CT molecular complexity index is 919. The number of carbonyl (C=O) groups excluding carboxylic acids is 1. The van der Waals surface area contributed by atoms with Gasteiger partial charge in [0, 0.05) is 24.8 Å². The number of hydrogen-bond donors (Lipinski definition) is 2. The summed E-state index contributed by atoms with van der Waals surface area (Å²) in [6.07, 6.45) is 0. The molecule has 0 aliphatic carbocycles. The van der Waals surface area contributed by atoms with E-state index in [2.05, 4.69) is 10.2 Å². The number of hydrogen-bond acceptors (Lipinski definition) is 4. The van der Waals surface area contributed by atoms with Gasteiger partial charge in [-0.3, -0.25) is 9.89 Å². The van der Waals surface area contributed by atoms with Gasteiger partial charge < -0.3 is 14.7 Å². The second kappa shape index (κ2) is 6.65. The molecule has 1 aliphatic heterocycles. The lowest BCUT2D eigenvalue weighted by Crippen LogP contribution is -2.32. The summed E-state index contributed by atoms with van der Waals surface area (Å²) < 4.78 is 5.19. The largest absolute Gasteiger partial charge is 0.508 e. The number of nitrogens with zero attached hydrogens (tertiary/aromatic N) is 2. The predicted octanol–water partition coefficient (Wildman–Crippen LogP) is 2.97. The highest BCUT2D eigenvalue weighted by atomic mass is 16.5. The van der Waals surface area contributed by atoms with Gasteiger partial charge in [0.25, 0.3) is 5.91 Å². The normalized spacial score (nSPS) is 16.1. The molecule has 1 aromatic heterocycles. The number of methoxy groups -OCH3 is 1. The van der Waals surface area contributed by atoms with Crippen molar-refractivity contribution in [1.82, 2.24) is 15.1 Å². The fourth-order valence-electron chi connectivity index (χ4n) is 3.44. The summed E-state index contributed by atoms with van der Waals surface area (Å²) in [5.74, 6) is 0.0991. The van der Waals surface area contributed by atoms with Gasteiger partial charge in [-0.15, -0.1) is 0 Å². The van der Waals surface area contributed by atoms with Crippen LogP contribution in [0.1, 0.15) is 27.7 Å². The fraction of sp³-hybridized carbons (Fsp3) is 0.200. The molecule has 26 heavy (non-hydrogen) atoms. The van der Waals surface area contributed by atoms with Crippen LogP contribution in [-0.2, 0) is 4.74 Å². The van der Waals surface area contributed by atoms with E-state index in [0.717, 1.165) is 22.4 Å². The summed E-state index contributed by atoms with van der Waals surface area (Å²) in [5, 5.41) is 17.0. The Morgan fingerprint density at radius 1 is 1.15 bits per heavy atom. The molecule has 0 bridgehead atoms. The van der Waals surface area contributed by atoms with Crippen molar-refractivity contribution >= 4 is 5.91 Å². The first kappa shape index (κ1) is 16.4. The molecule has 0 radical (unpaired) electrons. The van der Waals surface area contributed by atoms with E-state index in [0.29, 0.717) is 18.8 Å². The van der Waals surface area contributed by atoms with Gasteiger partial charge in [-0.05, 0) is 17.7 Å². The summed E-state index contributed by atoms with van der Waals surface area (Å²) in [6.45, 7) is 0.913. The molecule has 0 fully saturated rings. The monoisotopic (exact) mass is 349 g/mol. The zero-order chi connectivity index (χ0) is 18.1. The lowest BCUT2D eigenvalue weighted by molar-refractivity contribution is 0.0677. The number of carbonyl (C=O) groups is 1. The topological polar surface area (TPSA) is 78.5 Å². The maximum Gasteiger partial charge on any atom is 0.273 e. The zero-order valence-electron chi connectivity index (χ0n) is 14.3. The quantitative estimate of drug-likeness (QED) is 0.742. The van der Waals surface area contributed by atoms with Crippen molar-refractivity contribution in [2.75, 3.05) is 20.3 Å². The predicted molar refractivity (Wildman–Crippen MR) is 96.9 cm³/mol. The van der Waals surface area contributed by atoms with Gasteiger partial charge in [-0.25, -0.2) is 0 Å². The molecule has 0 saturated carbocycles. The van der Waals surface area contributed by atoms with Crippen molar-refractivity contribution in [2.24, 2.45) is 0 Å². The third-order valence-corrected chi connectivity index (χ3v) is 4.66. The van der Waals surface area contributed by atoms with Gasteiger partial charge in [-0.1, -0.05) is 42.5 Å². The van der Waals surface area contributed by atoms with Crippen molar-refractivity contribution in [1.29, 1.82) is 0 Å². The third kappa shape index (κ3) is 2.64. The summed E-state index contributed by atoms with van der Waals surface area (Å²) >= 11 is 0. The van der Waals surface area contributed by atoms with Crippen LogP contribution in [0.3, 0.4) is 0 Å². The smallest absolute Gasteiger partial charge is 0.273 e. The van der Waals surface area contributed by atoms with Gasteiger partial charge in [0.05, 0.1) is 18.3 Å². The van der Waals surface area contributed by atoms with Crippen LogP contribution in [-0.4, -0.2) is 46.4 Å². The van der Waals surface area contributed by atoms with Crippen LogP contribution in [0.25, 0.3) is 11.3 Å². The number of H-pyrrole nitrogens is 1. The number of nitrogens with one attached hydrogen (secondary N) is 1. The molecule has 1 unspecified atom stereocenters. The highest BCUT2D eigenvalue weighted by Gasteiger charge is 2.41. The molecule has 3 aromatic rings. The number of rotatable bonds is 5. The minimum Gasteiger partial charge on any atom is -0.508 e.